The first kappa shape index (κ1) is 22.3. The summed E-state index contributed by atoms with van der Waals surface area (Å²) in [6, 6.07) is 11.5. The zero-order chi connectivity index (χ0) is 23.9. The second kappa shape index (κ2) is 8.58. The van der Waals surface area contributed by atoms with E-state index in [1.54, 1.807) is 6.07 Å². The Labute approximate surface area is 192 Å². The molecule has 4 N–H and O–H groups in total. The van der Waals surface area contributed by atoms with Crippen LogP contribution in [0.15, 0.2) is 47.4 Å². The Kier molecular flexibility index (Phi) is 5.80. The van der Waals surface area contributed by atoms with Gasteiger partial charge in [0.2, 0.25) is 0 Å². The van der Waals surface area contributed by atoms with E-state index in [0.29, 0.717) is 22.6 Å². The molecule has 4 aromatic rings. The number of fused-ring (bicyclic) bond motifs is 1. The van der Waals surface area contributed by atoms with Gasteiger partial charge in [-0.05, 0) is 76.1 Å². The van der Waals surface area contributed by atoms with Crippen LogP contribution in [0.4, 0.5) is 5.82 Å². The van der Waals surface area contributed by atoms with E-state index in [1.807, 2.05) is 45.0 Å². The topological polar surface area (TPSA) is 106 Å². The van der Waals surface area contributed by atoms with Crippen LogP contribution >= 0.6 is 0 Å². The number of carbonyl (C=O) groups excluding carboxylic acids is 1. The van der Waals surface area contributed by atoms with Gasteiger partial charge in [0.15, 0.2) is 0 Å². The number of hydrogen-bond acceptors (Lipinski definition) is 4. The van der Waals surface area contributed by atoms with E-state index in [9.17, 15) is 9.59 Å². The first-order valence-electron chi connectivity index (χ1n) is 11.0. The minimum atomic E-state index is -0.241. The first-order valence-corrected chi connectivity index (χ1v) is 11.0. The molecule has 0 fully saturated rings. The second-order valence-electron chi connectivity index (χ2n) is 8.80. The molecule has 0 bridgehead atoms. The van der Waals surface area contributed by atoms with Crippen molar-refractivity contribution in [2.75, 3.05) is 5.73 Å². The molecule has 7 heteroatoms. The number of H-pyrrole nitrogens is 1. The maximum atomic E-state index is 13.4. The van der Waals surface area contributed by atoms with Gasteiger partial charge in [-0.2, -0.15) is 0 Å². The zero-order valence-electron chi connectivity index (χ0n) is 19.6. The summed E-state index contributed by atoms with van der Waals surface area (Å²) in [6.07, 6.45) is 2.07. The molecule has 1 amide bonds. The number of hydrogen-bond donors (Lipinski definition) is 3. The highest BCUT2D eigenvalue weighted by atomic mass is 16.1. The number of pyridine rings is 2. The lowest BCUT2D eigenvalue weighted by Gasteiger charge is -2.14. The van der Waals surface area contributed by atoms with Crippen molar-refractivity contribution in [3.8, 4) is 11.3 Å². The van der Waals surface area contributed by atoms with Gasteiger partial charge in [0.25, 0.3) is 11.5 Å². The third-order valence-electron chi connectivity index (χ3n) is 5.91. The molecule has 3 heterocycles. The van der Waals surface area contributed by atoms with Gasteiger partial charge >= 0.3 is 0 Å². The Bertz CT molecular complexity index is 1430. The van der Waals surface area contributed by atoms with Crippen LogP contribution in [-0.4, -0.2) is 20.4 Å². The van der Waals surface area contributed by atoms with Crippen LogP contribution in [0.5, 0.6) is 0 Å². The van der Waals surface area contributed by atoms with Crippen LogP contribution in [0.1, 0.15) is 52.6 Å². The van der Waals surface area contributed by atoms with Gasteiger partial charge in [-0.1, -0.05) is 6.07 Å². The molecule has 170 valence electrons. The summed E-state index contributed by atoms with van der Waals surface area (Å²) in [4.78, 5) is 33.1. The Balaban J connectivity index is 1.82. The zero-order valence-corrected chi connectivity index (χ0v) is 19.6. The van der Waals surface area contributed by atoms with Crippen molar-refractivity contribution in [1.29, 1.82) is 0 Å². The number of benzene rings is 1. The molecule has 1 aromatic carbocycles. The number of aromatic nitrogens is 3. The number of carbonyl (C=O) groups is 1. The normalized spacial score (nSPS) is 11.3. The minimum absolute atomic E-state index is 0.145. The molecule has 4 rings (SSSR count). The Morgan fingerprint density at radius 2 is 1.91 bits per heavy atom. The van der Waals surface area contributed by atoms with Gasteiger partial charge in [0.05, 0.1) is 5.69 Å². The predicted octanol–water partition coefficient (Wildman–Crippen LogP) is 4.41. The fourth-order valence-electron chi connectivity index (χ4n) is 4.32. The summed E-state index contributed by atoms with van der Waals surface area (Å²) in [5, 5.41) is 3.84. The van der Waals surface area contributed by atoms with Crippen molar-refractivity contribution in [1.82, 2.24) is 19.9 Å². The molecule has 0 atom stereocenters. The SMILES string of the molecule is Cc1cc(C)c(CNC(=O)c2cc(-c3cccc(N)n3)cc3c2c(C)cn3C(C)C)c(=O)[nH]1. The van der Waals surface area contributed by atoms with E-state index in [2.05, 4.69) is 46.0 Å². The molecular formula is C26H29N5O2. The Morgan fingerprint density at radius 3 is 2.58 bits per heavy atom. The summed E-state index contributed by atoms with van der Waals surface area (Å²) in [6.45, 7) is 10.1. The number of anilines is 1. The minimum Gasteiger partial charge on any atom is -0.384 e. The third kappa shape index (κ3) is 4.26. The maximum absolute atomic E-state index is 13.4. The number of rotatable bonds is 5. The van der Waals surface area contributed by atoms with Crippen LogP contribution in [0.2, 0.25) is 0 Å². The number of amides is 1. The van der Waals surface area contributed by atoms with Crippen molar-refractivity contribution >= 4 is 22.6 Å². The van der Waals surface area contributed by atoms with Gasteiger partial charge < -0.3 is 20.6 Å². The second-order valence-corrected chi connectivity index (χ2v) is 8.80. The summed E-state index contributed by atoms with van der Waals surface area (Å²) in [7, 11) is 0. The molecule has 0 aliphatic heterocycles. The summed E-state index contributed by atoms with van der Waals surface area (Å²) < 4.78 is 2.16. The molecule has 0 spiro atoms. The molecule has 0 saturated heterocycles. The van der Waals surface area contributed by atoms with E-state index >= 15 is 0 Å². The molecular weight excluding hydrogens is 414 g/mol. The number of aryl methyl sites for hydroxylation is 3. The van der Waals surface area contributed by atoms with Crippen LogP contribution in [-0.2, 0) is 6.54 Å². The van der Waals surface area contributed by atoms with E-state index in [4.69, 9.17) is 5.73 Å². The van der Waals surface area contributed by atoms with Crippen LogP contribution in [0, 0.1) is 20.8 Å². The van der Waals surface area contributed by atoms with Gasteiger partial charge in [-0.25, -0.2) is 4.98 Å². The van der Waals surface area contributed by atoms with Gasteiger partial charge in [-0.3, -0.25) is 9.59 Å². The van der Waals surface area contributed by atoms with Gasteiger partial charge in [-0.15, -0.1) is 0 Å². The molecule has 0 aliphatic carbocycles. The highest BCUT2D eigenvalue weighted by molar-refractivity contribution is 6.09. The fraction of sp³-hybridized carbons (Fsp3) is 0.269. The highest BCUT2D eigenvalue weighted by Gasteiger charge is 2.19. The van der Waals surface area contributed by atoms with Crippen LogP contribution < -0.4 is 16.6 Å². The lowest BCUT2D eigenvalue weighted by atomic mass is 10.00. The number of nitrogens with zero attached hydrogens (tertiary/aromatic N) is 2. The lowest BCUT2D eigenvalue weighted by Crippen LogP contribution is -2.28. The van der Waals surface area contributed by atoms with Crippen molar-refractivity contribution < 1.29 is 4.79 Å². The maximum Gasteiger partial charge on any atom is 0.253 e. The van der Waals surface area contributed by atoms with Crippen molar-refractivity contribution in [3.05, 3.63) is 80.9 Å². The van der Waals surface area contributed by atoms with Crippen molar-refractivity contribution in [2.24, 2.45) is 0 Å². The number of nitrogen functional groups attached to an aromatic ring is 1. The van der Waals surface area contributed by atoms with Crippen molar-refractivity contribution in [2.45, 2.75) is 47.2 Å². The Morgan fingerprint density at radius 1 is 1.15 bits per heavy atom. The fourth-order valence-corrected chi connectivity index (χ4v) is 4.32. The lowest BCUT2D eigenvalue weighted by molar-refractivity contribution is 0.0952. The standard InChI is InChI=1S/C26H29N5O2/c1-14(2)31-13-16(4)24-19(10-18(11-22(24)31)21-7-6-8-23(27)30-21)25(32)28-12-20-15(3)9-17(5)29-26(20)33/h6-11,13-14H,12H2,1-5H3,(H2,27,30)(H,28,32)(H,29,33). The molecule has 3 aromatic heterocycles. The van der Waals surface area contributed by atoms with Crippen molar-refractivity contribution in [3.63, 3.8) is 0 Å². The first-order chi connectivity index (χ1) is 15.7. The highest BCUT2D eigenvalue weighted by Crippen LogP contribution is 2.32. The number of nitrogens with one attached hydrogen (secondary N) is 2. The third-order valence-corrected chi connectivity index (χ3v) is 5.91. The summed E-state index contributed by atoms with van der Waals surface area (Å²) in [5.74, 6) is 0.179. The van der Waals surface area contributed by atoms with Gasteiger partial charge in [0.1, 0.15) is 5.82 Å². The van der Waals surface area contributed by atoms with Crippen LogP contribution in [0.25, 0.3) is 22.2 Å². The Hall–Kier alpha value is -3.87. The van der Waals surface area contributed by atoms with Crippen LogP contribution in [0.3, 0.4) is 0 Å². The smallest absolute Gasteiger partial charge is 0.253 e. The molecule has 0 saturated carbocycles. The largest absolute Gasteiger partial charge is 0.384 e. The predicted molar refractivity (Wildman–Crippen MR) is 132 cm³/mol. The molecule has 0 unspecified atom stereocenters. The van der Waals surface area contributed by atoms with E-state index in [-0.39, 0.29) is 24.1 Å². The summed E-state index contributed by atoms with van der Waals surface area (Å²) in [5.41, 5.74) is 11.9. The molecule has 7 nitrogen and oxygen atoms in total. The quantitative estimate of drug-likeness (QED) is 0.425. The number of nitrogens with two attached hydrogens (primary N) is 1. The van der Waals surface area contributed by atoms with E-state index in [1.165, 1.54) is 0 Å². The monoisotopic (exact) mass is 443 g/mol. The van der Waals surface area contributed by atoms with E-state index in [0.717, 1.165) is 33.3 Å². The average Bonchev–Trinajstić information content (AvgIpc) is 3.09. The average molecular weight is 444 g/mol. The molecule has 33 heavy (non-hydrogen) atoms. The molecule has 0 aliphatic rings. The van der Waals surface area contributed by atoms with Gasteiger partial charge in [0, 0.05) is 52.1 Å². The molecule has 0 radical (unpaired) electrons. The van der Waals surface area contributed by atoms with E-state index < -0.39 is 0 Å². The summed E-state index contributed by atoms with van der Waals surface area (Å²) >= 11 is 0. The number of aromatic amines is 1.